The van der Waals surface area contributed by atoms with Gasteiger partial charge < -0.3 is 9.47 Å². The second-order valence-corrected chi connectivity index (χ2v) is 6.62. The third kappa shape index (κ3) is 13.7. The van der Waals surface area contributed by atoms with Crippen LogP contribution in [0, 0.1) is 10.8 Å². The van der Waals surface area contributed by atoms with Crippen LogP contribution in [0.2, 0.25) is 0 Å². The van der Waals surface area contributed by atoms with Crippen molar-refractivity contribution in [3.63, 3.8) is 0 Å². The van der Waals surface area contributed by atoms with Crippen molar-refractivity contribution in [1.82, 2.24) is 0 Å². The zero-order chi connectivity index (χ0) is 12.7. The zero-order valence-electron chi connectivity index (χ0n) is 11.8. The van der Waals surface area contributed by atoms with Gasteiger partial charge in [0, 0.05) is 0 Å². The first-order chi connectivity index (χ1) is 7.21. The van der Waals surface area contributed by atoms with E-state index < -0.39 is 0 Å². The quantitative estimate of drug-likeness (QED) is 0.510. The topological polar surface area (TPSA) is 18.5 Å². The highest BCUT2D eigenvalue weighted by molar-refractivity contribution is 4.81. The van der Waals surface area contributed by atoms with E-state index in [1.165, 1.54) is 0 Å². The fraction of sp³-hybridized carbons (Fsp3) is 0.857. The summed E-state index contributed by atoms with van der Waals surface area (Å²) in [4.78, 5) is 0. The van der Waals surface area contributed by atoms with Gasteiger partial charge in [-0.15, -0.1) is 0 Å². The van der Waals surface area contributed by atoms with E-state index in [1.54, 1.807) is 0 Å². The van der Waals surface area contributed by atoms with E-state index in [9.17, 15) is 0 Å². The first-order valence-corrected chi connectivity index (χ1v) is 6.01. The molecule has 0 rings (SSSR count). The normalized spacial score (nSPS) is 13.6. The predicted octanol–water partition coefficient (Wildman–Crippen LogP) is 3.67. The summed E-state index contributed by atoms with van der Waals surface area (Å²) in [7, 11) is 0. The van der Waals surface area contributed by atoms with Crippen molar-refractivity contribution in [2.45, 2.75) is 41.5 Å². The molecule has 0 aliphatic carbocycles. The van der Waals surface area contributed by atoms with Gasteiger partial charge in [0.25, 0.3) is 0 Å². The summed E-state index contributed by atoms with van der Waals surface area (Å²) >= 11 is 0. The summed E-state index contributed by atoms with van der Waals surface area (Å²) in [5.74, 6) is 0. The highest BCUT2D eigenvalue weighted by Gasteiger charge is 2.09. The van der Waals surface area contributed by atoms with Crippen molar-refractivity contribution >= 4 is 0 Å². The zero-order valence-corrected chi connectivity index (χ0v) is 11.8. The summed E-state index contributed by atoms with van der Waals surface area (Å²) in [6.45, 7) is 16.0. The van der Waals surface area contributed by atoms with Crippen molar-refractivity contribution in [2.75, 3.05) is 26.4 Å². The Bertz CT molecular complexity index is 172. The Balaban J connectivity index is 3.36. The van der Waals surface area contributed by atoms with Crippen LogP contribution in [0.5, 0.6) is 0 Å². The van der Waals surface area contributed by atoms with Crippen LogP contribution in [0.15, 0.2) is 12.2 Å². The molecular formula is C14H28O2. The van der Waals surface area contributed by atoms with Crippen LogP contribution in [0.1, 0.15) is 41.5 Å². The maximum absolute atomic E-state index is 5.50. The van der Waals surface area contributed by atoms with Crippen molar-refractivity contribution in [2.24, 2.45) is 10.8 Å². The Kier molecular flexibility index (Phi) is 6.93. The maximum atomic E-state index is 5.50. The summed E-state index contributed by atoms with van der Waals surface area (Å²) in [6, 6.07) is 0. The number of ether oxygens (including phenoxy) is 2. The molecule has 0 aromatic carbocycles. The second-order valence-electron chi connectivity index (χ2n) is 6.62. The highest BCUT2D eigenvalue weighted by Crippen LogP contribution is 2.13. The molecular weight excluding hydrogens is 200 g/mol. The number of hydrogen-bond acceptors (Lipinski definition) is 2. The van der Waals surface area contributed by atoms with Crippen LogP contribution in [0.25, 0.3) is 0 Å². The third-order valence-electron chi connectivity index (χ3n) is 1.66. The van der Waals surface area contributed by atoms with Crippen molar-refractivity contribution < 1.29 is 9.47 Å². The monoisotopic (exact) mass is 228 g/mol. The molecule has 0 saturated heterocycles. The first kappa shape index (κ1) is 15.7. The molecule has 0 unspecified atom stereocenters. The van der Waals surface area contributed by atoms with E-state index in [-0.39, 0.29) is 10.8 Å². The van der Waals surface area contributed by atoms with Crippen LogP contribution in [-0.4, -0.2) is 26.4 Å². The lowest BCUT2D eigenvalue weighted by molar-refractivity contribution is 0.0851. The predicted molar refractivity (Wildman–Crippen MR) is 69.7 cm³/mol. The smallest absolute Gasteiger partial charge is 0.0648 e. The Hall–Kier alpha value is -0.340. The van der Waals surface area contributed by atoms with Crippen LogP contribution in [0.4, 0.5) is 0 Å². The summed E-state index contributed by atoms with van der Waals surface area (Å²) < 4.78 is 11.0. The largest absolute Gasteiger partial charge is 0.377 e. The van der Waals surface area contributed by atoms with Crippen LogP contribution >= 0.6 is 0 Å². The van der Waals surface area contributed by atoms with Gasteiger partial charge in [0.2, 0.25) is 0 Å². The van der Waals surface area contributed by atoms with Gasteiger partial charge in [-0.2, -0.15) is 0 Å². The molecule has 0 fully saturated rings. The van der Waals surface area contributed by atoms with Crippen LogP contribution < -0.4 is 0 Å². The van der Waals surface area contributed by atoms with Gasteiger partial charge in [-0.3, -0.25) is 0 Å². The molecule has 0 spiro atoms. The lowest BCUT2D eigenvalue weighted by Crippen LogP contribution is -2.15. The molecule has 0 atom stereocenters. The summed E-state index contributed by atoms with van der Waals surface area (Å²) in [6.07, 6.45) is 4.04. The average molecular weight is 228 g/mol. The van der Waals surface area contributed by atoms with Gasteiger partial charge in [-0.05, 0) is 10.8 Å². The SMILES string of the molecule is CC(C)(C)COCC=CCOCC(C)(C)C. The Morgan fingerprint density at radius 1 is 0.688 bits per heavy atom. The van der Waals surface area contributed by atoms with E-state index in [4.69, 9.17) is 9.47 Å². The van der Waals surface area contributed by atoms with Gasteiger partial charge in [0.1, 0.15) is 0 Å². The molecule has 0 aliphatic rings. The van der Waals surface area contributed by atoms with Gasteiger partial charge >= 0.3 is 0 Å². The van der Waals surface area contributed by atoms with Gasteiger partial charge in [-0.25, -0.2) is 0 Å². The first-order valence-electron chi connectivity index (χ1n) is 6.01. The molecule has 2 heteroatoms. The maximum Gasteiger partial charge on any atom is 0.0648 e. The number of rotatable bonds is 6. The molecule has 0 radical (unpaired) electrons. The molecule has 0 saturated carbocycles. The van der Waals surface area contributed by atoms with E-state index in [0.717, 1.165) is 13.2 Å². The van der Waals surface area contributed by atoms with E-state index in [2.05, 4.69) is 41.5 Å². The minimum Gasteiger partial charge on any atom is -0.377 e. The van der Waals surface area contributed by atoms with E-state index in [0.29, 0.717) is 13.2 Å². The van der Waals surface area contributed by atoms with E-state index >= 15 is 0 Å². The molecule has 0 amide bonds. The summed E-state index contributed by atoms with van der Waals surface area (Å²) in [5.41, 5.74) is 0.493. The van der Waals surface area contributed by atoms with E-state index in [1.807, 2.05) is 12.2 Å². The van der Waals surface area contributed by atoms with Gasteiger partial charge in [-0.1, -0.05) is 53.7 Å². The minimum absolute atomic E-state index is 0.247. The number of hydrogen-bond donors (Lipinski definition) is 0. The fourth-order valence-corrected chi connectivity index (χ4v) is 1.00. The Morgan fingerprint density at radius 3 is 1.25 bits per heavy atom. The van der Waals surface area contributed by atoms with Gasteiger partial charge in [0.15, 0.2) is 0 Å². The molecule has 2 nitrogen and oxygen atoms in total. The fourth-order valence-electron chi connectivity index (χ4n) is 1.00. The molecule has 96 valence electrons. The van der Waals surface area contributed by atoms with Crippen molar-refractivity contribution in [3.8, 4) is 0 Å². The van der Waals surface area contributed by atoms with Gasteiger partial charge in [0.05, 0.1) is 26.4 Å². The Labute approximate surface area is 101 Å². The average Bonchev–Trinajstić information content (AvgIpc) is 2.06. The molecule has 16 heavy (non-hydrogen) atoms. The lowest BCUT2D eigenvalue weighted by Gasteiger charge is -2.17. The second kappa shape index (κ2) is 7.08. The standard InChI is InChI=1S/C14H28O2/c1-13(2,3)11-15-9-7-8-10-16-12-14(4,5)6/h7-8H,9-12H2,1-6H3. The molecule has 0 aromatic rings. The Morgan fingerprint density at radius 2 is 1.00 bits per heavy atom. The third-order valence-corrected chi connectivity index (χ3v) is 1.66. The lowest BCUT2D eigenvalue weighted by atomic mass is 9.99. The molecule has 0 N–H and O–H groups in total. The van der Waals surface area contributed by atoms with Crippen LogP contribution in [-0.2, 0) is 9.47 Å². The summed E-state index contributed by atoms with van der Waals surface area (Å²) in [5, 5.41) is 0. The van der Waals surface area contributed by atoms with Crippen LogP contribution in [0.3, 0.4) is 0 Å². The molecule has 0 aromatic heterocycles. The minimum atomic E-state index is 0.247. The van der Waals surface area contributed by atoms with Crippen molar-refractivity contribution in [3.05, 3.63) is 12.2 Å². The molecule has 0 aliphatic heterocycles. The molecule has 0 heterocycles. The molecule has 0 bridgehead atoms. The van der Waals surface area contributed by atoms with Crippen molar-refractivity contribution in [1.29, 1.82) is 0 Å². The highest BCUT2D eigenvalue weighted by atomic mass is 16.5.